The van der Waals surface area contributed by atoms with E-state index < -0.39 is 5.54 Å². The number of aromatic nitrogens is 2. The van der Waals surface area contributed by atoms with Gasteiger partial charge in [-0.05, 0) is 68.8 Å². The number of carbonyl (C=O) groups excluding carboxylic acids is 2. The van der Waals surface area contributed by atoms with Crippen LogP contribution in [0.1, 0.15) is 29.4 Å². The monoisotopic (exact) mass is 462 g/mol. The Hall–Kier alpha value is -3.39. The number of benzene rings is 1. The lowest BCUT2D eigenvalue weighted by Crippen LogP contribution is -2.42. The molecule has 1 aliphatic rings. The minimum absolute atomic E-state index is 0.266. The zero-order valence-electron chi connectivity index (χ0n) is 19.3. The van der Waals surface area contributed by atoms with Crippen molar-refractivity contribution in [2.45, 2.75) is 42.7 Å². The van der Waals surface area contributed by atoms with Crippen molar-refractivity contribution in [3.63, 3.8) is 0 Å². The van der Waals surface area contributed by atoms with Crippen LogP contribution >= 0.6 is 11.8 Å². The lowest BCUT2D eigenvalue weighted by molar-refractivity contribution is -0.132. The van der Waals surface area contributed by atoms with E-state index >= 15 is 0 Å². The van der Waals surface area contributed by atoms with E-state index in [-0.39, 0.29) is 11.9 Å². The Morgan fingerprint density at radius 3 is 2.33 bits per heavy atom. The van der Waals surface area contributed by atoms with Crippen LogP contribution in [0.5, 0.6) is 5.75 Å². The van der Waals surface area contributed by atoms with Crippen LogP contribution < -0.4 is 4.74 Å². The van der Waals surface area contributed by atoms with E-state index in [9.17, 15) is 9.59 Å². The second-order valence-electron chi connectivity index (χ2n) is 8.27. The molecule has 1 unspecified atom stereocenters. The number of nitrogens with zero attached hydrogens (tertiary/aromatic N) is 4. The van der Waals surface area contributed by atoms with Gasteiger partial charge in [-0.1, -0.05) is 11.8 Å². The van der Waals surface area contributed by atoms with Gasteiger partial charge in [0.15, 0.2) is 0 Å². The third-order valence-electron chi connectivity index (χ3n) is 5.91. The molecule has 3 heterocycles. The number of rotatable bonds is 6. The molecule has 0 aliphatic carbocycles. The number of hydrogen-bond donors (Lipinski definition) is 0. The lowest BCUT2D eigenvalue weighted by atomic mass is 9.92. The summed E-state index contributed by atoms with van der Waals surface area (Å²) in [6, 6.07) is 13.4. The van der Waals surface area contributed by atoms with Crippen molar-refractivity contribution in [1.29, 1.82) is 0 Å². The Kier molecular flexibility index (Phi) is 6.12. The van der Waals surface area contributed by atoms with Gasteiger partial charge in [-0.15, -0.1) is 0 Å². The fourth-order valence-electron chi connectivity index (χ4n) is 3.85. The molecular weight excluding hydrogens is 436 g/mol. The Morgan fingerprint density at radius 2 is 1.70 bits per heavy atom. The van der Waals surface area contributed by atoms with E-state index in [1.165, 1.54) is 23.7 Å². The normalized spacial score (nSPS) is 18.2. The van der Waals surface area contributed by atoms with E-state index in [0.717, 1.165) is 37.4 Å². The number of pyridine rings is 2. The van der Waals surface area contributed by atoms with Gasteiger partial charge in [0.05, 0.1) is 0 Å². The number of aryl methyl sites for hydroxylation is 2. The van der Waals surface area contributed by atoms with E-state index in [1.807, 2.05) is 56.3 Å². The third-order valence-corrected chi connectivity index (χ3v) is 6.98. The molecule has 4 rings (SSSR count). The minimum Gasteiger partial charge on any atom is -0.489 e. The van der Waals surface area contributed by atoms with Crippen LogP contribution in [0.4, 0.5) is 4.79 Å². The number of likely N-dealkylation sites (N-methyl/N-ethyl adjacent to an activating group) is 2. The molecule has 0 radical (unpaired) electrons. The van der Waals surface area contributed by atoms with Gasteiger partial charge in [-0.2, -0.15) is 0 Å². The highest BCUT2D eigenvalue weighted by molar-refractivity contribution is 7.99. The molecule has 1 atom stereocenters. The predicted octanol–water partition coefficient (Wildman–Crippen LogP) is 4.56. The molecular formula is C25H26N4O3S. The van der Waals surface area contributed by atoms with Gasteiger partial charge in [-0.3, -0.25) is 19.7 Å². The van der Waals surface area contributed by atoms with Crippen LogP contribution in [0.3, 0.4) is 0 Å². The summed E-state index contributed by atoms with van der Waals surface area (Å²) in [4.78, 5) is 38.6. The van der Waals surface area contributed by atoms with Crippen LogP contribution in [-0.4, -0.2) is 45.8 Å². The van der Waals surface area contributed by atoms with Crippen LogP contribution in [0.15, 0.2) is 64.6 Å². The maximum atomic E-state index is 13.0. The first-order valence-corrected chi connectivity index (χ1v) is 11.4. The summed E-state index contributed by atoms with van der Waals surface area (Å²) in [6.07, 6.45) is 3.48. The second kappa shape index (κ2) is 8.86. The average molecular weight is 463 g/mol. The van der Waals surface area contributed by atoms with Crippen molar-refractivity contribution in [2.75, 3.05) is 14.1 Å². The first kappa shape index (κ1) is 22.8. The van der Waals surface area contributed by atoms with Gasteiger partial charge in [0.2, 0.25) is 0 Å². The standard InChI is InChI=1S/C25H26N4O3S/c1-16-12-18(10-11-26-16)15-32-19-6-8-20(9-7-19)33-22-13-17(2)27-14-21(22)25(3)23(30)28(4)24(31)29(25)5/h6-14H,15H2,1-5H3. The zero-order chi connectivity index (χ0) is 23.8. The SMILES string of the molecule is Cc1cc(COc2ccc(Sc3cc(C)ncc3C3(C)C(=O)N(C)C(=O)N3C)cc2)ccn1. The third kappa shape index (κ3) is 4.30. The van der Waals surface area contributed by atoms with Crippen LogP contribution in [0.2, 0.25) is 0 Å². The Balaban J connectivity index is 1.55. The van der Waals surface area contributed by atoms with Crippen LogP contribution in [0, 0.1) is 13.8 Å². The van der Waals surface area contributed by atoms with Crippen molar-refractivity contribution >= 4 is 23.7 Å². The van der Waals surface area contributed by atoms with Gasteiger partial charge in [0.1, 0.15) is 17.9 Å². The first-order valence-electron chi connectivity index (χ1n) is 10.6. The quantitative estimate of drug-likeness (QED) is 0.500. The molecule has 7 nitrogen and oxygen atoms in total. The summed E-state index contributed by atoms with van der Waals surface area (Å²) < 4.78 is 5.90. The van der Waals surface area contributed by atoms with Crippen molar-refractivity contribution in [3.8, 4) is 5.75 Å². The summed E-state index contributed by atoms with van der Waals surface area (Å²) in [6.45, 7) is 6.10. The predicted molar refractivity (Wildman–Crippen MR) is 126 cm³/mol. The average Bonchev–Trinajstić information content (AvgIpc) is 2.94. The molecule has 8 heteroatoms. The molecule has 1 saturated heterocycles. The maximum Gasteiger partial charge on any atom is 0.327 e. The number of ether oxygens (including phenoxy) is 1. The van der Waals surface area contributed by atoms with Crippen molar-refractivity contribution < 1.29 is 14.3 Å². The molecule has 0 spiro atoms. The Labute approximate surface area is 197 Å². The van der Waals surface area contributed by atoms with E-state index in [2.05, 4.69) is 9.97 Å². The highest BCUT2D eigenvalue weighted by Gasteiger charge is 2.53. The summed E-state index contributed by atoms with van der Waals surface area (Å²) in [5.41, 5.74) is 2.46. The van der Waals surface area contributed by atoms with Gasteiger partial charge < -0.3 is 9.64 Å². The minimum atomic E-state index is -1.11. The van der Waals surface area contributed by atoms with Crippen LogP contribution in [-0.2, 0) is 16.9 Å². The summed E-state index contributed by atoms with van der Waals surface area (Å²) in [7, 11) is 3.15. The molecule has 3 amide bonds. The Morgan fingerprint density at radius 1 is 1.00 bits per heavy atom. The number of carbonyl (C=O) groups is 2. The molecule has 170 valence electrons. The highest BCUT2D eigenvalue weighted by atomic mass is 32.2. The van der Waals surface area contributed by atoms with Gasteiger partial charge >= 0.3 is 6.03 Å². The second-order valence-corrected chi connectivity index (χ2v) is 9.38. The first-order chi connectivity index (χ1) is 15.7. The summed E-state index contributed by atoms with van der Waals surface area (Å²) in [5.74, 6) is 0.502. The molecule has 3 aromatic rings. The van der Waals surface area contributed by atoms with E-state index in [1.54, 1.807) is 26.4 Å². The van der Waals surface area contributed by atoms with Crippen LogP contribution in [0.25, 0.3) is 0 Å². The topological polar surface area (TPSA) is 75.6 Å². The van der Waals surface area contributed by atoms with Crippen molar-refractivity contribution in [1.82, 2.24) is 19.8 Å². The molecule has 1 aliphatic heterocycles. The Bertz CT molecular complexity index is 1210. The van der Waals surface area contributed by atoms with Gasteiger partial charge in [0.25, 0.3) is 5.91 Å². The molecule has 0 N–H and O–H groups in total. The summed E-state index contributed by atoms with van der Waals surface area (Å²) >= 11 is 1.53. The fourth-order valence-corrected chi connectivity index (χ4v) is 4.96. The molecule has 2 aromatic heterocycles. The molecule has 1 fully saturated rings. The molecule has 33 heavy (non-hydrogen) atoms. The van der Waals surface area contributed by atoms with Crippen molar-refractivity contribution in [2.24, 2.45) is 0 Å². The highest BCUT2D eigenvalue weighted by Crippen LogP contribution is 2.42. The maximum absolute atomic E-state index is 13.0. The number of urea groups is 1. The lowest BCUT2D eigenvalue weighted by Gasteiger charge is -2.30. The molecule has 0 bridgehead atoms. The number of imide groups is 1. The summed E-state index contributed by atoms with van der Waals surface area (Å²) in [5, 5.41) is 0. The zero-order valence-corrected chi connectivity index (χ0v) is 20.1. The van der Waals surface area contributed by atoms with Crippen molar-refractivity contribution in [3.05, 3.63) is 77.4 Å². The van der Waals surface area contributed by atoms with Gasteiger partial charge in [0, 0.05) is 53.2 Å². The van der Waals surface area contributed by atoms with E-state index in [4.69, 9.17) is 4.74 Å². The molecule has 0 saturated carbocycles. The number of amides is 3. The largest absolute Gasteiger partial charge is 0.489 e. The number of hydrogen-bond acceptors (Lipinski definition) is 6. The smallest absolute Gasteiger partial charge is 0.327 e. The van der Waals surface area contributed by atoms with E-state index in [0.29, 0.717) is 12.2 Å². The van der Waals surface area contributed by atoms with Gasteiger partial charge in [-0.25, -0.2) is 4.79 Å². The fraction of sp³-hybridized carbons (Fsp3) is 0.280. The molecule has 1 aromatic carbocycles.